The molecular formula is C14H21NO2. The van der Waals surface area contributed by atoms with Gasteiger partial charge in [-0.2, -0.15) is 0 Å². The van der Waals surface area contributed by atoms with Gasteiger partial charge in [0, 0.05) is 18.8 Å². The van der Waals surface area contributed by atoms with Crippen LogP contribution in [0.25, 0.3) is 0 Å². The highest BCUT2D eigenvalue weighted by Gasteiger charge is 2.16. The second kappa shape index (κ2) is 5.80. The molecule has 0 bridgehead atoms. The molecule has 0 atom stereocenters. The lowest BCUT2D eigenvalue weighted by Gasteiger charge is -2.24. The Labute approximate surface area is 103 Å². The van der Waals surface area contributed by atoms with Crippen LogP contribution in [0.3, 0.4) is 0 Å². The summed E-state index contributed by atoms with van der Waals surface area (Å²) in [5, 5.41) is 3.10. The van der Waals surface area contributed by atoms with E-state index < -0.39 is 0 Å². The van der Waals surface area contributed by atoms with E-state index in [0.29, 0.717) is 6.10 Å². The summed E-state index contributed by atoms with van der Waals surface area (Å²) in [5.41, 5.74) is 1.04. The van der Waals surface area contributed by atoms with Crippen molar-refractivity contribution in [3.8, 4) is 11.5 Å². The molecule has 1 aromatic carbocycles. The highest BCUT2D eigenvalue weighted by molar-refractivity contribution is 5.54. The monoisotopic (exact) mass is 235 g/mol. The van der Waals surface area contributed by atoms with E-state index in [-0.39, 0.29) is 0 Å². The summed E-state index contributed by atoms with van der Waals surface area (Å²) in [6, 6.07) is 5.97. The van der Waals surface area contributed by atoms with Crippen LogP contribution in [0.4, 0.5) is 5.69 Å². The van der Waals surface area contributed by atoms with Crippen LogP contribution in [0.2, 0.25) is 0 Å². The zero-order valence-electron chi connectivity index (χ0n) is 10.7. The molecule has 1 N–H and O–H groups in total. The van der Waals surface area contributed by atoms with Gasteiger partial charge in [0.05, 0.1) is 13.2 Å². The van der Waals surface area contributed by atoms with Gasteiger partial charge in [0.2, 0.25) is 0 Å². The average Bonchev–Trinajstić information content (AvgIpc) is 2.40. The molecule has 3 heteroatoms. The molecule has 0 unspecified atom stereocenters. The molecule has 1 fully saturated rings. The first-order valence-corrected chi connectivity index (χ1v) is 6.36. The van der Waals surface area contributed by atoms with Gasteiger partial charge in [-0.05, 0) is 37.8 Å². The Kier molecular flexibility index (Phi) is 4.13. The summed E-state index contributed by atoms with van der Waals surface area (Å²) >= 11 is 0. The Morgan fingerprint density at radius 1 is 1.12 bits per heavy atom. The van der Waals surface area contributed by atoms with Gasteiger partial charge < -0.3 is 14.8 Å². The maximum atomic E-state index is 6.02. The van der Waals surface area contributed by atoms with Gasteiger partial charge in [0.1, 0.15) is 0 Å². The van der Waals surface area contributed by atoms with E-state index in [0.717, 1.165) is 30.0 Å². The molecule has 3 nitrogen and oxygen atoms in total. The van der Waals surface area contributed by atoms with Gasteiger partial charge in [-0.25, -0.2) is 0 Å². The zero-order chi connectivity index (χ0) is 12.1. The van der Waals surface area contributed by atoms with Crippen molar-refractivity contribution in [2.45, 2.75) is 38.2 Å². The largest absolute Gasteiger partial charge is 0.493 e. The molecule has 1 aromatic rings. The van der Waals surface area contributed by atoms with Gasteiger partial charge in [-0.1, -0.05) is 6.42 Å². The van der Waals surface area contributed by atoms with E-state index in [1.165, 1.54) is 19.3 Å². The molecule has 0 aliphatic heterocycles. The summed E-state index contributed by atoms with van der Waals surface area (Å²) in [5.74, 6) is 1.67. The van der Waals surface area contributed by atoms with Gasteiger partial charge in [0.25, 0.3) is 0 Å². The molecule has 1 saturated carbocycles. The highest BCUT2D eigenvalue weighted by Crippen LogP contribution is 2.33. The quantitative estimate of drug-likeness (QED) is 0.867. The van der Waals surface area contributed by atoms with E-state index in [2.05, 4.69) is 5.32 Å². The Morgan fingerprint density at radius 2 is 1.88 bits per heavy atom. The SMILES string of the molecule is CNc1ccc(OC2CCCCC2)c(OC)c1. The molecule has 0 radical (unpaired) electrons. The number of rotatable bonds is 4. The summed E-state index contributed by atoms with van der Waals surface area (Å²) in [7, 11) is 3.58. The fourth-order valence-corrected chi connectivity index (χ4v) is 2.28. The highest BCUT2D eigenvalue weighted by atomic mass is 16.5. The lowest BCUT2D eigenvalue weighted by atomic mass is 9.98. The fraction of sp³-hybridized carbons (Fsp3) is 0.571. The molecule has 0 saturated heterocycles. The molecule has 0 spiro atoms. The predicted octanol–water partition coefficient (Wildman–Crippen LogP) is 3.45. The number of nitrogens with one attached hydrogen (secondary N) is 1. The lowest BCUT2D eigenvalue weighted by molar-refractivity contribution is 0.149. The van der Waals surface area contributed by atoms with Crippen LogP contribution in [-0.2, 0) is 0 Å². The third-order valence-corrected chi connectivity index (χ3v) is 3.30. The van der Waals surface area contributed by atoms with Gasteiger partial charge in [-0.15, -0.1) is 0 Å². The van der Waals surface area contributed by atoms with E-state index in [1.807, 2.05) is 25.2 Å². The van der Waals surface area contributed by atoms with E-state index in [4.69, 9.17) is 9.47 Å². The molecule has 1 aliphatic rings. The number of benzene rings is 1. The first-order chi connectivity index (χ1) is 8.33. The summed E-state index contributed by atoms with van der Waals surface area (Å²) in [4.78, 5) is 0. The van der Waals surface area contributed by atoms with Crippen molar-refractivity contribution in [1.82, 2.24) is 0 Å². The second-order valence-electron chi connectivity index (χ2n) is 4.49. The molecule has 0 amide bonds. The molecule has 1 aliphatic carbocycles. The van der Waals surface area contributed by atoms with E-state index in [1.54, 1.807) is 7.11 Å². The van der Waals surface area contributed by atoms with E-state index in [9.17, 15) is 0 Å². The number of ether oxygens (including phenoxy) is 2. The smallest absolute Gasteiger partial charge is 0.162 e. The molecule has 2 rings (SSSR count). The Morgan fingerprint density at radius 3 is 2.53 bits per heavy atom. The van der Waals surface area contributed by atoms with Crippen molar-refractivity contribution in [2.24, 2.45) is 0 Å². The topological polar surface area (TPSA) is 30.5 Å². The minimum atomic E-state index is 0.359. The van der Waals surface area contributed by atoms with Crippen LogP contribution in [0.15, 0.2) is 18.2 Å². The van der Waals surface area contributed by atoms with Crippen LogP contribution in [-0.4, -0.2) is 20.3 Å². The first kappa shape index (κ1) is 12.1. The number of anilines is 1. The minimum Gasteiger partial charge on any atom is -0.493 e. The van der Waals surface area contributed by atoms with Crippen molar-refractivity contribution >= 4 is 5.69 Å². The van der Waals surface area contributed by atoms with Crippen molar-refractivity contribution in [3.05, 3.63) is 18.2 Å². The Hall–Kier alpha value is -1.38. The molecule has 0 aromatic heterocycles. The fourth-order valence-electron chi connectivity index (χ4n) is 2.28. The molecular weight excluding hydrogens is 214 g/mol. The lowest BCUT2D eigenvalue weighted by Crippen LogP contribution is -2.19. The molecule has 0 heterocycles. The normalized spacial score (nSPS) is 16.6. The average molecular weight is 235 g/mol. The summed E-state index contributed by atoms with van der Waals surface area (Å²) < 4.78 is 11.4. The van der Waals surface area contributed by atoms with Crippen LogP contribution in [0.5, 0.6) is 11.5 Å². The van der Waals surface area contributed by atoms with Gasteiger partial charge in [-0.3, -0.25) is 0 Å². The Balaban J connectivity index is 2.08. The Bertz CT molecular complexity index is 359. The maximum Gasteiger partial charge on any atom is 0.162 e. The molecule has 94 valence electrons. The second-order valence-corrected chi connectivity index (χ2v) is 4.49. The maximum absolute atomic E-state index is 6.02. The van der Waals surface area contributed by atoms with Crippen molar-refractivity contribution in [1.29, 1.82) is 0 Å². The van der Waals surface area contributed by atoms with Crippen LogP contribution >= 0.6 is 0 Å². The third kappa shape index (κ3) is 3.05. The van der Waals surface area contributed by atoms with Crippen LogP contribution < -0.4 is 14.8 Å². The molecule has 17 heavy (non-hydrogen) atoms. The third-order valence-electron chi connectivity index (χ3n) is 3.30. The van der Waals surface area contributed by atoms with Crippen LogP contribution in [0.1, 0.15) is 32.1 Å². The predicted molar refractivity (Wildman–Crippen MR) is 70.0 cm³/mol. The summed E-state index contributed by atoms with van der Waals surface area (Å²) in [6.07, 6.45) is 6.59. The number of hydrogen-bond acceptors (Lipinski definition) is 3. The minimum absolute atomic E-state index is 0.359. The van der Waals surface area contributed by atoms with Gasteiger partial charge >= 0.3 is 0 Å². The zero-order valence-corrected chi connectivity index (χ0v) is 10.7. The number of methoxy groups -OCH3 is 1. The number of hydrogen-bond donors (Lipinski definition) is 1. The standard InChI is InChI=1S/C14H21NO2/c1-15-11-8-9-13(14(10-11)16-2)17-12-6-4-3-5-7-12/h8-10,12,15H,3-7H2,1-2H3. The van der Waals surface area contributed by atoms with Gasteiger partial charge in [0.15, 0.2) is 11.5 Å². The van der Waals surface area contributed by atoms with Crippen molar-refractivity contribution in [3.63, 3.8) is 0 Å². The van der Waals surface area contributed by atoms with Crippen molar-refractivity contribution < 1.29 is 9.47 Å². The van der Waals surface area contributed by atoms with Crippen molar-refractivity contribution in [2.75, 3.05) is 19.5 Å². The van der Waals surface area contributed by atoms with Crippen LogP contribution in [0, 0.1) is 0 Å². The van der Waals surface area contributed by atoms with E-state index >= 15 is 0 Å². The summed E-state index contributed by atoms with van der Waals surface area (Å²) in [6.45, 7) is 0. The first-order valence-electron chi connectivity index (χ1n) is 6.36.